The lowest BCUT2D eigenvalue weighted by Crippen LogP contribution is -2.44. The van der Waals surface area contributed by atoms with Gasteiger partial charge >= 0.3 is 21.2 Å². The van der Waals surface area contributed by atoms with Crippen LogP contribution in [0.5, 0.6) is 0 Å². The highest BCUT2D eigenvalue weighted by Crippen LogP contribution is 2.28. The predicted octanol–water partition coefficient (Wildman–Crippen LogP) is 2.42. The van der Waals surface area contributed by atoms with Crippen LogP contribution in [0.25, 0.3) is 11.1 Å². The van der Waals surface area contributed by atoms with Crippen molar-refractivity contribution in [2.75, 3.05) is 26.4 Å². The Hall–Kier alpha value is -4.56. The molecule has 0 saturated carbocycles. The number of nitrogens with zero attached hydrogens (tertiary/aromatic N) is 3. The van der Waals surface area contributed by atoms with Crippen LogP contribution in [-0.4, -0.2) is 63.3 Å². The fraction of sp³-hybridized carbons (Fsp3) is 0.350. The lowest BCUT2D eigenvalue weighted by Gasteiger charge is -2.24. The van der Waals surface area contributed by atoms with Gasteiger partial charge in [0.25, 0.3) is 0 Å². The van der Waals surface area contributed by atoms with Crippen LogP contribution >= 0.6 is 0 Å². The summed E-state index contributed by atoms with van der Waals surface area (Å²) >= 11 is 0. The third-order valence-corrected chi connectivity index (χ3v) is 4.90. The van der Waals surface area contributed by atoms with Gasteiger partial charge < -0.3 is 4.74 Å². The second-order valence-corrected chi connectivity index (χ2v) is 7.47. The van der Waals surface area contributed by atoms with E-state index in [-0.39, 0.29) is 5.56 Å². The first-order chi connectivity index (χ1) is 16.5. The van der Waals surface area contributed by atoms with Gasteiger partial charge in [0, 0.05) is 5.56 Å². The number of ether oxygens (including phenoxy) is 1. The quantitative estimate of drug-likeness (QED) is 0.257. The molecule has 35 heavy (non-hydrogen) atoms. The van der Waals surface area contributed by atoms with E-state index >= 15 is 0 Å². The first kappa shape index (κ1) is 26.7. The largest absolute Gasteiger partial charge is 0.475 e. The second kappa shape index (κ2) is 12.1. The molecule has 188 valence electrons. The predicted molar refractivity (Wildman–Crippen MR) is 108 cm³/mol. The minimum absolute atomic E-state index is 0.268. The molecule has 0 radical (unpaired) electrons. The highest BCUT2D eigenvalue weighted by Gasteiger charge is 2.44. The van der Waals surface area contributed by atoms with E-state index in [0.717, 1.165) is 0 Å². The molecule has 14 nitrogen and oxygen atoms in total. The van der Waals surface area contributed by atoms with Crippen molar-refractivity contribution in [1.82, 2.24) is 0 Å². The van der Waals surface area contributed by atoms with Gasteiger partial charge in [0.1, 0.15) is 32.6 Å². The zero-order valence-corrected chi connectivity index (χ0v) is 18.4. The summed E-state index contributed by atoms with van der Waals surface area (Å²) < 4.78 is 19.9. The third-order valence-electron chi connectivity index (χ3n) is 4.90. The SMILES string of the molecule is CC(C(=O)OCC(CO[N+](=O)O)(CO[N+](=O)O)CO[N+](=O)O)c1ccc(-c2ccccc2)c(F)c1. The summed E-state index contributed by atoms with van der Waals surface area (Å²) in [6.45, 7) is -1.92. The van der Waals surface area contributed by atoms with Crippen molar-refractivity contribution in [3.63, 3.8) is 0 Å². The molecule has 0 aliphatic heterocycles. The number of hydrogen-bond donors (Lipinski definition) is 3. The van der Waals surface area contributed by atoms with Gasteiger partial charge in [-0.2, -0.15) is 14.5 Å². The molecular formula is C20H23FN3O11+3. The number of esters is 1. The van der Waals surface area contributed by atoms with Gasteiger partial charge in [-0.1, -0.05) is 42.5 Å². The molecule has 2 aromatic carbocycles. The second-order valence-electron chi connectivity index (χ2n) is 7.47. The van der Waals surface area contributed by atoms with Crippen LogP contribution in [0.1, 0.15) is 18.4 Å². The Balaban J connectivity index is 2.18. The molecule has 0 bridgehead atoms. The minimum atomic E-state index is -1.86. The van der Waals surface area contributed by atoms with Gasteiger partial charge in [-0.05, 0) is 24.1 Å². The number of hydrogen-bond acceptors (Lipinski definition) is 8. The van der Waals surface area contributed by atoms with Crippen molar-refractivity contribution >= 4 is 5.97 Å². The first-order valence-corrected chi connectivity index (χ1v) is 9.92. The Bertz CT molecular complexity index is 1020. The molecule has 0 fully saturated rings. The van der Waals surface area contributed by atoms with Gasteiger partial charge in [-0.15, -0.1) is 0 Å². The van der Waals surface area contributed by atoms with Crippen molar-refractivity contribution in [1.29, 1.82) is 0 Å². The Morgan fingerprint density at radius 1 is 0.886 bits per heavy atom. The topological polar surface area (TPSA) is 175 Å². The Morgan fingerprint density at radius 3 is 1.86 bits per heavy atom. The molecule has 3 N–H and O–H groups in total. The van der Waals surface area contributed by atoms with E-state index < -0.39 is 64.8 Å². The van der Waals surface area contributed by atoms with Crippen LogP contribution < -0.4 is 0 Å². The average molecular weight is 500 g/mol. The normalized spacial score (nSPS) is 11.7. The van der Waals surface area contributed by atoms with Crippen molar-refractivity contribution in [3.05, 3.63) is 74.6 Å². The van der Waals surface area contributed by atoms with E-state index in [2.05, 4.69) is 14.5 Å². The maximum atomic E-state index is 14.7. The summed E-state index contributed by atoms with van der Waals surface area (Å²) in [6, 6.07) is 12.9. The highest BCUT2D eigenvalue weighted by molar-refractivity contribution is 5.78. The van der Waals surface area contributed by atoms with Crippen LogP contribution in [0, 0.1) is 26.0 Å². The molecule has 0 heterocycles. The van der Waals surface area contributed by atoms with Crippen molar-refractivity contribution < 1.29 is 59.3 Å². The number of carbonyl (C=O) groups excluding carboxylic acids is 1. The van der Waals surface area contributed by atoms with Gasteiger partial charge in [-0.3, -0.25) is 4.79 Å². The van der Waals surface area contributed by atoms with Gasteiger partial charge in [0.05, 0.1) is 5.92 Å². The number of carbonyl (C=O) groups is 1. The standard InChI is InChI=1S/C20H23FN3O11/c1-14(16-7-8-17(18(21)9-16)15-5-3-2-4-6-15)19(25)32-10-20(11-33-22(26)27,12-34-23(28)29)13-35-24(30)31/h2-9,14H,10-13H2,1H3,(H,26,27)(H,28,29)(H,30,31)/q+3. The van der Waals surface area contributed by atoms with E-state index in [4.69, 9.17) is 20.4 Å². The number of benzene rings is 2. The summed E-state index contributed by atoms with van der Waals surface area (Å²) in [4.78, 5) is 57.9. The Kier molecular flexibility index (Phi) is 9.19. The molecule has 1 unspecified atom stereocenters. The summed E-state index contributed by atoms with van der Waals surface area (Å²) in [5, 5.41) is 23.2. The molecule has 0 saturated heterocycles. The molecule has 0 aliphatic carbocycles. The number of rotatable bonds is 14. The van der Waals surface area contributed by atoms with Gasteiger partial charge in [0.2, 0.25) is 0 Å². The van der Waals surface area contributed by atoms with Crippen molar-refractivity contribution in [3.8, 4) is 11.1 Å². The molecule has 2 rings (SSSR count). The summed E-state index contributed by atoms with van der Waals surface area (Å²) in [6.07, 6.45) is 0. The minimum Gasteiger partial charge on any atom is -0.464 e. The van der Waals surface area contributed by atoms with Crippen molar-refractivity contribution in [2.24, 2.45) is 5.41 Å². The van der Waals surface area contributed by atoms with Gasteiger partial charge in [0.15, 0.2) is 19.8 Å². The summed E-state index contributed by atoms with van der Waals surface area (Å²) in [7, 11) is 0. The van der Waals surface area contributed by atoms with Crippen LogP contribution in [-0.2, 0) is 24.0 Å². The lowest BCUT2D eigenvalue weighted by atomic mass is 9.92. The first-order valence-electron chi connectivity index (χ1n) is 9.92. The molecule has 0 spiro atoms. The van der Waals surface area contributed by atoms with Crippen molar-refractivity contribution in [2.45, 2.75) is 12.8 Å². The highest BCUT2D eigenvalue weighted by atomic mass is 19.1. The fourth-order valence-electron chi connectivity index (χ4n) is 2.96. The van der Waals surface area contributed by atoms with Crippen LogP contribution in [0.4, 0.5) is 4.39 Å². The van der Waals surface area contributed by atoms with E-state index in [1.54, 1.807) is 30.3 Å². The molecule has 2 aromatic rings. The Morgan fingerprint density at radius 2 is 1.40 bits per heavy atom. The average Bonchev–Trinajstić information content (AvgIpc) is 2.82. The maximum Gasteiger partial charge on any atom is 0.475 e. The Labute approximate surface area is 196 Å². The molecule has 0 aliphatic rings. The summed E-state index contributed by atoms with van der Waals surface area (Å²) in [5.74, 6) is -2.46. The van der Waals surface area contributed by atoms with E-state index in [0.29, 0.717) is 11.1 Å². The van der Waals surface area contributed by atoms with E-state index in [1.165, 1.54) is 25.1 Å². The van der Waals surface area contributed by atoms with Crippen LogP contribution in [0.2, 0.25) is 0 Å². The van der Waals surface area contributed by atoms with E-state index in [1.807, 2.05) is 0 Å². The smallest absolute Gasteiger partial charge is 0.464 e. The van der Waals surface area contributed by atoms with E-state index in [9.17, 15) is 23.9 Å². The lowest BCUT2D eigenvalue weighted by molar-refractivity contribution is -0.989. The molecule has 0 aromatic heterocycles. The third kappa shape index (κ3) is 8.06. The zero-order chi connectivity index (χ0) is 26.0. The monoisotopic (exact) mass is 500 g/mol. The number of halogens is 1. The molecular weight excluding hydrogens is 477 g/mol. The van der Waals surface area contributed by atoms with Crippen LogP contribution in [0.3, 0.4) is 0 Å². The van der Waals surface area contributed by atoms with Gasteiger partial charge in [-0.25, -0.2) is 20.0 Å². The maximum absolute atomic E-state index is 14.7. The zero-order valence-electron chi connectivity index (χ0n) is 18.4. The fourth-order valence-corrected chi connectivity index (χ4v) is 2.96. The molecule has 0 amide bonds. The molecule has 15 heteroatoms. The summed E-state index contributed by atoms with van der Waals surface area (Å²) in [5.41, 5.74) is -0.630. The van der Waals surface area contributed by atoms with Crippen LogP contribution in [0.15, 0.2) is 48.5 Å². The molecule has 1 atom stereocenters.